The number of para-hydroxylation sites is 1. The largest absolute Gasteiger partial charge is 0.496 e. The standard InChI is InChI=1S/C35H27F2N3O4S/c1-21-31(33(41)39-26-11-7-4-8-12-26)32(23-9-5-3-6-10-23)40-34(42)30(45-35(40)38-21)18-22-13-15-28(43-2)24(17-22)20-44-29-16-14-25(36)19-27(29)37/h3-19,32H,20H2,1-2H3,(H,39,41)/b30-18-. The molecule has 1 atom stereocenters. The summed E-state index contributed by atoms with van der Waals surface area (Å²) in [7, 11) is 1.51. The number of carbonyl (C=O) groups is 1. The molecule has 0 saturated carbocycles. The number of carbonyl (C=O) groups excluding carboxylic acids is 1. The van der Waals surface area contributed by atoms with E-state index in [1.807, 2.05) is 48.5 Å². The molecule has 45 heavy (non-hydrogen) atoms. The van der Waals surface area contributed by atoms with Crippen molar-refractivity contribution in [3.05, 3.63) is 156 Å². The number of nitrogens with zero attached hydrogens (tertiary/aromatic N) is 2. The molecule has 1 unspecified atom stereocenters. The maximum atomic E-state index is 14.2. The normalized spacial score (nSPS) is 14.5. The maximum absolute atomic E-state index is 14.2. The zero-order valence-electron chi connectivity index (χ0n) is 24.3. The molecule has 5 aromatic rings. The van der Waals surface area contributed by atoms with Crippen LogP contribution in [0.2, 0.25) is 0 Å². The Morgan fingerprint density at radius 1 is 0.978 bits per heavy atom. The lowest BCUT2D eigenvalue weighted by Crippen LogP contribution is -2.40. The van der Waals surface area contributed by atoms with Crippen LogP contribution in [0.4, 0.5) is 14.5 Å². The molecule has 6 rings (SSSR count). The quantitative estimate of drug-likeness (QED) is 0.239. The highest BCUT2D eigenvalue weighted by atomic mass is 32.1. The van der Waals surface area contributed by atoms with Crippen LogP contribution >= 0.6 is 11.3 Å². The summed E-state index contributed by atoms with van der Waals surface area (Å²) < 4.78 is 40.5. The molecular formula is C35H27F2N3O4S. The number of methoxy groups -OCH3 is 1. The molecule has 1 aliphatic rings. The first-order chi connectivity index (χ1) is 21.8. The van der Waals surface area contributed by atoms with Crippen LogP contribution in [0, 0.1) is 11.6 Å². The van der Waals surface area contributed by atoms with Crippen LogP contribution in [0.5, 0.6) is 11.5 Å². The van der Waals surface area contributed by atoms with E-state index in [4.69, 9.17) is 9.47 Å². The lowest BCUT2D eigenvalue weighted by molar-refractivity contribution is -0.113. The molecule has 0 radical (unpaired) electrons. The van der Waals surface area contributed by atoms with Gasteiger partial charge in [0.05, 0.1) is 29.0 Å². The molecule has 10 heteroatoms. The average molecular weight is 624 g/mol. The molecular weight excluding hydrogens is 596 g/mol. The number of fused-ring (bicyclic) bond motifs is 1. The van der Waals surface area contributed by atoms with Crippen LogP contribution in [-0.2, 0) is 11.4 Å². The van der Waals surface area contributed by atoms with E-state index in [1.54, 1.807) is 47.9 Å². The topological polar surface area (TPSA) is 81.9 Å². The van der Waals surface area contributed by atoms with Crippen molar-refractivity contribution < 1.29 is 23.0 Å². The number of anilines is 1. The van der Waals surface area contributed by atoms with Crippen LogP contribution < -0.4 is 29.7 Å². The minimum absolute atomic E-state index is 0.0538. The smallest absolute Gasteiger partial charge is 0.271 e. The molecule has 0 aliphatic carbocycles. The number of hydrogen-bond donors (Lipinski definition) is 1. The van der Waals surface area contributed by atoms with Gasteiger partial charge in [0.15, 0.2) is 16.4 Å². The maximum Gasteiger partial charge on any atom is 0.271 e. The molecule has 226 valence electrons. The number of ether oxygens (including phenoxy) is 2. The van der Waals surface area contributed by atoms with Crippen LogP contribution in [0.3, 0.4) is 0 Å². The minimum atomic E-state index is -0.814. The zero-order chi connectivity index (χ0) is 31.5. The van der Waals surface area contributed by atoms with Gasteiger partial charge in [-0.25, -0.2) is 13.8 Å². The highest BCUT2D eigenvalue weighted by molar-refractivity contribution is 7.07. The Balaban J connectivity index is 1.39. The summed E-state index contributed by atoms with van der Waals surface area (Å²) in [6.07, 6.45) is 1.73. The predicted octanol–water partition coefficient (Wildman–Crippen LogP) is 5.74. The van der Waals surface area contributed by atoms with Crippen molar-refractivity contribution in [1.82, 2.24) is 4.57 Å². The van der Waals surface area contributed by atoms with E-state index in [1.165, 1.54) is 24.5 Å². The Bertz CT molecular complexity index is 2110. The lowest BCUT2D eigenvalue weighted by Gasteiger charge is -2.25. The van der Waals surface area contributed by atoms with Crippen molar-refractivity contribution in [2.24, 2.45) is 4.99 Å². The Kier molecular flexibility index (Phi) is 8.39. The fourth-order valence-electron chi connectivity index (χ4n) is 5.18. The number of halogens is 2. The first-order valence-electron chi connectivity index (χ1n) is 14.0. The number of rotatable bonds is 8. The molecule has 1 N–H and O–H groups in total. The molecule has 0 saturated heterocycles. The second kappa shape index (κ2) is 12.7. The van der Waals surface area contributed by atoms with Gasteiger partial charge < -0.3 is 14.8 Å². The molecule has 0 bridgehead atoms. The van der Waals surface area contributed by atoms with Gasteiger partial charge in [-0.3, -0.25) is 14.2 Å². The number of benzene rings is 4. The van der Waals surface area contributed by atoms with Crippen molar-refractivity contribution in [2.45, 2.75) is 19.6 Å². The number of aromatic nitrogens is 1. The second-order valence-electron chi connectivity index (χ2n) is 10.2. The highest BCUT2D eigenvalue weighted by Crippen LogP contribution is 2.31. The monoisotopic (exact) mass is 623 g/mol. The summed E-state index contributed by atoms with van der Waals surface area (Å²) in [6.45, 7) is 1.72. The first kappa shape index (κ1) is 29.7. The summed E-state index contributed by atoms with van der Waals surface area (Å²) >= 11 is 1.22. The number of amides is 1. The second-order valence-corrected chi connectivity index (χ2v) is 11.3. The van der Waals surface area contributed by atoms with E-state index < -0.39 is 17.7 Å². The molecule has 7 nitrogen and oxygen atoms in total. The Hall–Kier alpha value is -5.35. The predicted molar refractivity (Wildman–Crippen MR) is 169 cm³/mol. The van der Waals surface area contributed by atoms with Gasteiger partial charge in [-0.1, -0.05) is 65.9 Å². The van der Waals surface area contributed by atoms with Crippen molar-refractivity contribution in [1.29, 1.82) is 0 Å². The van der Waals surface area contributed by atoms with E-state index in [0.29, 0.717) is 43.2 Å². The molecule has 4 aromatic carbocycles. The third kappa shape index (κ3) is 6.18. The van der Waals surface area contributed by atoms with Gasteiger partial charge in [0.25, 0.3) is 11.5 Å². The van der Waals surface area contributed by atoms with Crippen LogP contribution in [0.15, 0.2) is 118 Å². The van der Waals surface area contributed by atoms with Gasteiger partial charge in [0, 0.05) is 17.3 Å². The molecule has 1 aliphatic heterocycles. The average Bonchev–Trinajstić information content (AvgIpc) is 3.34. The third-order valence-electron chi connectivity index (χ3n) is 7.29. The summed E-state index contributed by atoms with van der Waals surface area (Å²) in [5.74, 6) is -1.45. The minimum Gasteiger partial charge on any atom is -0.496 e. The molecule has 0 spiro atoms. The van der Waals surface area contributed by atoms with Crippen LogP contribution in [0.1, 0.15) is 29.7 Å². The lowest BCUT2D eigenvalue weighted by atomic mass is 9.95. The Morgan fingerprint density at radius 2 is 1.69 bits per heavy atom. The SMILES string of the molecule is COc1ccc(/C=c2\sc3n(c2=O)C(c2ccccc2)C(C(=O)Nc2ccccc2)=C(C)N=3)cc1COc1ccc(F)cc1F. The summed E-state index contributed by atoms with van der Waals surface area (Å²) in [6, 6.07) is 26.2. The van der Waals surface area contributed by atoms with E-state index in [0.717, 1.165) is 17.7 Å². The van der Waals surface area contributed by atoms with Gasteiger partial charge in [-0.05, 0) is 60.5 Å². The van der Waals surface area contributed by atoms with Crippen molar-refractivity contribution in [3.63, 3.8) is 0 Å². The van der Waals surface area contributed by atoms with Crippen molar-refractivity contribution >= 4 is 29.0 Å². The fourth-order valence-corrected chi connectivity index (χ4v) is 6.23. The van der Waals surface area contributed by atoms with Gasteiger partial charge in [0.2, 0.25) is 0 Å². The molecule has 1 aromatic heterocycles. The van der Waals surface area contributed by atoms with E-state index in [2.05, 4.69) is 10.3 Å². The molecule has 1 amide bonds. The van der Waals surface area contributed by atoms with Crippen LogP contribution in [-0.4, -0.2) is 17.6 Å². The number of nitrogens with one attached hydrogen (secondary N) is 1. The Labute approximate surface area is 261 Å². The van der Waals surface area contributed by atoms with Crippen LogP contribution in [0.25, 0.3) is 6.08 Å². The van der Waals surface area contributed by atoms with E-state index in [9.17, 15) is 18.4 Å². The summed E-state index contributed by atoms with van der Waals surface area (Å²) in [5.41, 5.74) is 3.27. The summed E-state index contributed by atoms with van der Waals surface area (Å²) in [5, 5.41) is 2.94. The fraction of sp³-hybridized carbons (Fsp3) is 0.114. The number of thiazole rings is 1. The molecule has 0 fully saturated rings. The highest BCUT2D eigenvalue weighted by Gasteiger charge is 2.32. The van der Waals surface area contributed by atoms with Crippen molar-refractivity contribution in [2.75, 3.05) is 12.4 Å². The first-order valence-corrected chi connectivity index (χ1v) is 14.8. The molecule has 2 heterocycles. The third-order valence-corrected chi connectivity index (χ3v) is 8.28. The van der Waals surface area contributed by atoms with Gasteiger partial charge in [-0.15, -0.1) is 0 Å². The van der Waals surface area contributed by atoms with E-state index >= 15 is 0 Å². The number of allylic oxidation sites excluding steroid dienone is 1. The van der Waals surface area contributed by atoms with Gasteiger partial charge >= 0.3 is 0 Å². The van der Waals surface area contributed by atoms with E-state index in [-0.39, 0.29) is 23.8 Å². The van der Waals surface area contributed by atoms with Crippen molar-refractivity contribution in [3.8, 4) is 11.5 Å². The number of hydrogen-bond acceptors (Lipinski definition) is 6. The van der Waals surface area contributed by atoms with Gasteiger partial charge in [-0.2, -0.15) is 0 Å². The zero-order valence-corrected chi connectivity index (χ0v) is 25.1. The van der Waals surface area contributed by atoms with Gasteiger partial charge in [0.1, 0.15) is 18.2 Å². The Morgan fingerprint density at radius 3 is 2.40 bits per heavy atom. The summed E-state index contributed by atoms with van der Waals surface area (Å²) in [4.78, 5) is 32.8.